The second-order valence-corrected chi connectivity index (χ2v) is 5.63. The Balaban J connectivity index is 2.27. The maximum atomic E-state index is 12.2. The van der Waals surface area contributed by atoms with E-state index in [0.717, 1.165) is 5.69 Å². The Morgan fingerprint density at radius 3 is 2.65 bits per heavy atom. The van der Waals surface area contributed by atoms with Crippen molar-refractivity contribution in [3.8, 4) is 0 Å². The highest BCUT2D eigenvalue weighted by atomic mass is 79.9. The molecule has 0 unspecified atom stereocenters. The zero-order valence-corrected chi connectivity index (χ0v) is 13.4. The van der Waals surface area contributed by atoms with Crippen LogP contribution >= 0.6 is 27.5 Å². The fraction of sp³-hybridized carbons (Fsp3) is 0.143. The molecular weight excluding hydrogens is 342 g/mol. The molecule has 1 heterocycles. The second kappa shape index (κ2) is 6.24. The van der Waals surface area contributed by atoms with Gasteiger partial charge in [0, 0.05) is 25.3 Å². The Hall–Kier alpha value is -1.59. The molecule has 0 radical (unpaired) electrons. The SMILES string of the molecule is CN(C)c1ccc(Cl)cc1NC(=O)c1ccc(Br)nc1. The molecule has 0 atom stereocenters. The predicted octanol–water partition coefficient (Wildman–Crippen LogP) is 3.82. The van der Waals surface area contributed by atoms with Crippen LogP contribution in [-0.4, -0.2) is 25.0 Å². The summed E-state index contributed by atoms with van der Waals surface area (Å²) in [5, 5.41) is 3.42. The van der Waals surface area contributed by atoms with E-state index < -0.39 is 0 Å². The molecular formula is C14H13BrClN3O. The van der Waals surface area contributed by atoms with E-state index in [1.54, 1.807) is 24.3 Å². The fourth-order valence-corrected chi connectivity index (χ4v) is 2.11. The zero-order chi connectivity index (χ0) is 14.7. The molecule has 0 saturated heterocycles. The quantitative estimate of drug-likeness (QED) is 0.852. The number of nitrogens with one attached hydrogen (secondary N) is 1. The monoisotopic (exact) mass is 353 g/mol. The summed E-state index contributed by atoms with van der Waals surface area (Å²) in [4.78, 5) is 18.1. The number of hydrogen-bond donors (Lipinski definition) is 1. The lowest BCUT2D eigenvalue weighted by molar-refractivity contribution is 0.102. The van der Waals surface area contributed by atoms with Gasteiger partial charge in [0.2, 0.25) is 0 Å². The van der Waals surface area contributed by atoms with Gasteiger partial charge in [0.05, 0.1) is 16.9 Å². The molecule has 0 aliphatic heterocycles. The molecule has 0 fully saturated rings. The molecule has 0 saturated carbocycles. The number of carbonyl (C=O) groups excluding carboxylic acids is 1. The Morgan fingerprint density at radius 1 is 1.30 bits per heavy atom. The summed E-state index contributed by atoms with van der Waals surface area (Å²) < 4.78 is 0.686. The summed E-state index contributed by atoms with van der Waals surface area (Å²) in [6.07, 6.45) is 1.51. The number of nitrogens with zero attached hydrogens (tertiary/aromatic N) is 2. The van der Waals surface area contributed by atoms with Gasteiger partial charge >= 0.3 is 0 Å². The third-order valence-electron chi connectivity index (χ3n) is 2.68. The number of benzene rings is 1. The van der Waals surface area contributed by atoms with Crippen LogP contribution in [0.3, 0.4) is 0 Å². The summed E-state index contributed by atoms with van der Waals surface area (Å²) in [6.45, 7) is 0. The van der Waals surface area contributed by atoms with Gasteiger partial charge in [0.1, 0.15) is 4.60 Å². The number of carbonyl (C=O) groups is 1. The predicted molar refractivity (Wildman–Crippen MR) is 85.7 cm³/mol. The number of aromatic nitrogens is 1. The molecule has 2 aromatic rings. The van der Waals surface area contributed by atoms with Gasteiger partial charge < -0.3 is 10.2 Å². The van der Waals surface area contributed by atoms with Crippen molar-refractivity contribution in [1.82, 2.24) is 4.98 Å². The first-order valence-electron chi connectivity index (χ1n) is 5.87. The van der Waals surface area contributed by atoms with Crippen LogP contribution in [0.15, 0.2) is 41.1 Å². The van der Waals surface area contributed by atoms with Crippen molar-refractivity contribution in [3.05, 3.63) is 51.7 Å². The van der Waals surface area contributed by atoms with Crippen molar-refractivity contribution in [2.24, 2.45) is 0 Å². The van der Waals surface area contributed by atoms with Crippen LogP contribution in [0.5, 0.6) is 0 Å². The van der Waals surface area contributed by atoms with E-state index in [1.165, 1.54) is 6.20 Å². The molecule has 0 bridgehead atoms. The highest BCUT2D eigenvalue weighted by Crippen LogP contribution is 2.28. The molecule has 0 aliphatic rings. The van der Waals surface area contributed by atoms with Crippen molar-refractivity contribution in [3.63, 3.8) is 0 Å². The average Bonchev–Trinajstić information content (AvgIpc) is 2.39. The summed E-state index contributed by atoms with van der Waals surface area (Å²) in [6, 6.07) is 8.79. The van der Waals surface area contributed by atoms with Crippen molar-refractivity contribution in [2.45, 2.75) is 0 Å². The molecule has 4 nitrogen and oxygen atoms in total. The molecule has 20 heavy (non-hydrogen) atoms. The fourth-order valence-electron chi connectivity index (χ4n) is 1.70. The maximum absolute atomic E-state index is 12.2. The van der Waals surface area contributed by atoms with Gasteiger partial charge in [-0.25, -0.2) is 4.98 Å². The van der Waals surface area contributed by atoms with Gasteiger partial charge in [0.25, 0.3) is 5.91 Å². The Morgan fingerprint density at radius 2 is 2.05 bits per heavy atom. The largest absolute Gasteiger partial charge is 0.376 e. The van der Waals surface area contributed by atoms with E-state index >= 15 is 0 Å². The average molecular weight is 355 g/mol. The third-order valence-corrected chi connectivity index (χ3v) is 3.38. The molecule has 2 rings (SSSR count). The maximum Gasteiger partial charge on any atom is 0.257 e. The highest BCUT2D eigenvalue weighted by molar-refractivity contribution is 9.10. The minimum atomic E-state index is -0.227. The number of amides is 1. The lowest BCUT2D eigenvalue weighted by Crippen LogP contribution is -2.16. The first-order chi connectivity index (χ1) is 9.47. The van der Waals surface area contributed by atoms with Crippen molar-refractivity contribution in [2.75, 3.05) is 24.3 Å². The van der Waals surface area contributed by atoms with Crippen LogP contribution in [0.2, 0.25) is 5.02 Å². The van der Waals surface area contributed by atoms with Crippen LogP contribution in [0.25, 0.3) is 0 Å². The lowest BCUT2D eigenvalue weighted by atomic mass is 10.2. The topological polar surface area (TPSA) is 45.2 Å². The molecule has 1 aromatic heterocycles. The van der Waals surface area contributed by atoms with E-state index in [1.807, 2.05) is 25.1 Å². The molecule has 1 amide bonds. The van der Waals surface area contributed by atoms with Crippen LogP contribution in [0.4, 0.5) is 11.4 Å². The minimum absolute atomic E-state index is 0.227. The van der Waals surface area contributed by atoms with Gasteiger partial charge in [-0.1, -0.05) is 11.6 Å². The van der Waals surface area contributed by atoms with E-state index in [-0.39, 0.29) is 5.91 Å². The Labute approximate surface area is 130 Å². The summed E-state index contributed by atoms with van der Waals surface area (Å²) in [7, 11) is 3.81. The van der Waals surface area contributed by atoms with E-state index in [2.05, 4.69) is 26.2 Å². The molecule has 0 aliphatic carbocycles. The molecule has 1 N–H and O–H groups in total. The van der Waals surface area contributed by atoms with Gasteiger partial charge in [-0.2, -0.15) is 0 Å². The Bertz CT molecular complexity index is 629. The number of pyridine rings is 1. The zero-order valence-electron chi connectivity index (χ0n) is 11.0. The first-order valence-corrected chi connectivity index (χ1v) is 7.04. The number of rotatable bonds is 3. The van der Waals surface area contributed by atoms with Crippen LogP contribution < -0.4 is 10.2 Å². The van der Waals surface area contributed by atoms with Gasteiger partial charge in [-0.05, 0) is 46.3 Å². The van der Waals surface area contributed by atoms with Gasteiger partial charge in [-0.15, -0.1) is 0 Å². The normalized spacial score (nSPS) is 10.2. The smallest absolute Gasteiger partial charge is 0.257 e. The Kier molecular flexibility index (Phi) is 4.62. The molecule has 6 heteroatoms. The van der Waals surface area contributed by atoms with Crippen molar-refractivity contribution >= 4 is 44.8 Å². The van der Waals surface area contributed by atoms with Gasteiger partial charge in [-0.3, -0.25) is 4.79 Å². The van der Waals surface area contributed by atoms with Crippen LogP contribution in [0.1, 0.15) is 10.4 Å². The summed E-state index contributed by atoms with van der Waals surface area (Å²) >= 11 is 9.22. The molecule has 0 spiro atoms. The number of hydrogen-bond acceptors (Lipinski definition) is 3. The third kappa shape index (κ3) is 3.49. The minimum Gasteiger partial charge on any atom is -0.376 e. The standard InChI is InChI=1S/C14H13BrClN3O/c1-19(2)12-5-4-10(16)7-11(12)18-14(20)9-3-6-13(15)17-8-9/h3-8H,1-2H3,(H,18,20). The van der Waals surface area contributed by atoms with E-state index in [9.17, 15) is 4.79 Å². The summed E-state index contributed by atoms with van der Waals surface area (Å²) in [5.74, 6) is -0.227. The van der Waals surface area contributed by atoms with Crippen LogP contribution in [0, 0.1) is 0 Å². The summed E-state index contributed by atoms with van der Waals surface area (Å²) in [5.41, 5.74) is 2.03. The molecule has 1 aromatic carbocycles. The van der Waals surface area contributed by atoms with Crippen molar-refractivity contribution < 1.29 is 4.79 Å². The van der Waals surface area contributed by atoms with E-state index in [4.69, 9.17) is 11.6 Å². The van der Waals surface area contributed by atoms with Crippen LogP contribution in [-0.2, 0) is 0 Å². The highest BCUT2D eigenvalue weighted by Gasteiger charge is 2.11. The first kappa shape index (κ1) is 14.8. The number of anilines is 2. The van der Waals surface area contributed by atoms with E-state index in [0.29, 0.717) is 20.9 Å². The van der Waals surface area contributed by atoms with Crippen molar-refractivity contribution in [1.29, 1.82) is 0 Å². The molecule has 104 valence electrons. The second-order valence-electron chi connectivity index (χ2n) is 4.38. The lowest BCUT2D eigenvalue weighted by Gasteiger charge is -2.18. The van der Waals surface area contributed by atoms with Gasteiger partial charge in [0.15, 0.2) is 0 Å². The number of halogens is 2.